The lowest BCUT2D eigenvalue weighted by Gasteiger charge is -2.39. The standard InChI is InChI=1S/C17H33N3O2/c1-17(2,3)22-16(21)20-10-6-8-14(12-20)19-15-9-5-4-7-13(15)11-18/h13-15,19H,4-12,18H2,1-3H3. The first-order valence-electron chi connectivity index (χ1n) is 8.83. The number of nitrogens with one attached hydrogen (secondary N) is 1. The second kappa shape index (κ2) is 7.64. The van der Waals surface area contributed by atoms with Crippen LogP contribution in [-0.2, 0) is 4.74 Å². The number of hydrogen-bond donors (Lipinski definition) is 2. The zero-order chi connectivity index (χ0) is 16.2. The van der Waals surface area contributed by atoms with Crippen molar-refractivity contribution >= 4 is 6.09 Å². The summed E-state index contributed by atoms with van der Waals surface area (Å²) < 4.78 is 5.50. The van der Waals surface area contributed by atoms with E-state index in [-0.39, 0.29) is 6.09 Å². The number of nitrogens with zero attached hydrogens (tertiary/aromatic N) is 1. The van der Waals surface area contributed by atoms with E-state index in [2.05, 4.69) is 5.32 Å². The van der Waals surface area contributed by atoms with Gasteiger partial charge >= 0.3 is 6.09 Å². The van der Waals surface area contributed by atoms with Gasteiger partial charge in [0, 0.05) is 25.2 Å². The van der Waals surface area contributed by atoms with Crippen molar-refractivity contribution in [2.24, 2.45) is 11.7 Å². The van der Waals surface area contributed by atoms with E-state index in [1.807, 2.05) is 25.7 Å². The van der Waals surface area contributed by atoms with E-state index in [0.29, 0.717) is 18.0 Å². The summed E-state index contributed by atoms with van der Waals surface area (Å²) in [5, 5.41) is 3.78. The van der Waals surface area contributed by atoms with Gasteiger partial charge in [0.1, 0.15) is 5.60 Å². The van der Waals surface area contributed by atoms with Crippen LogP contribution in [0.15, 0.2) is 0 Å². The van der Waals surface area contributed by atoms with Gasteiger partial charge in [-0.3, -0.25) is 0 Å². The quantitative estimate of drug-likeness (QED) is 0.840. The molecule has 3 unspecified atom stereocenters. The predicted octanol–water partition coefficient (Wildman–Crippen LogP) is 2.49. The number of rotatable bonds is 3. The van der Waals surface area contributed by atoms with Crippen LogP contribution < -0.4 is 11.1 Å². The fraction of sp³-hybridized carbons (Fsp3) is 0.941. The molecule has 2 aliphatic rings. The molecule has 2 fully saturated rings. The third-order valence-corrected chi connectivity index (χ3v) is 4.73. The van der Waals surface area contributed by atoms with Gasteiger partial charge in [-0.2, -0.15) is 0 Å². The SMILES string of the molecule is CC(C)(C)OC(=O)N1CCCC(NC2CCCCC2CN)C1. The van der Waals surface area contributed by atoms with Crippen LogP contribution in [0.1, 0.15) is 59.3 Å². The lowest BCUT2D eigenvalue weighted by Crippen LogP contribution is -2.54. The number of ether oxygens (including phenoxy) is 1. The first-order chi connectivity index (χ1) is 10.4. The molecule has 22 heavy (non-hydrogen) atoms. The summed E-state index contributed by atoms with van der Waals surface area (Å²) in [4.78, 5) is 14.1. The van der Waals surface area contributed by atoms with E-state index in [1.54, 1.807) is 0 Å². The van der Waals surface area contributed by atoms with Crippen LogP contribution in [0, 0.1) is 5.92 Å². The number of piperidine rings is 1. The molecule has 5 nitrogen and oxygen atoms in total. The monoisotopic (exact) mass is 311 g/mol. The van der Waals surface area contributed by atoms with Crippen LogP contribution >= 0.6 is 0 Å². The number of likely N-dealkylation sites (tertiary alicyclic amines) is 1. The van der Waals surface area contributed by atoms with Crippen LogP contribution in [0.4, 0.5) is 4.79 Å². The Hall–Kier alpha value is -0.810. The van der Waals surface area contributed by atoms with Crippen molar-refractivity contribution in [2.75, 3.05) is 19.6 Å². The molecule has 2 rings (SSSR count). The maximum atomic E-state index is 12.2. The Kier molecular flexibility index (Phi) is 6.09. The molecule has 1 saturated heterocycles. The summed E-state index contributed by atoms with van der Waals surface area (Å²) in [6, 6.07) is 0.890. The maximum Gasteiger partial charge on any atom is 0.410 e. The number of amides is 1. The van der Waals surface area contributed by atoms with Gasteiger partial charge in [-0.05, 0) is 58.9 Å². The third kappa shape index (κ3) is 5.13. The Morgan fingerprint density at radius 1 is 1.23 bits per heavy atom. The molecule has 1 aliphatic heterocycles. The van der Waals surface area contributed by atoms with E-state index < -0.39 is 5.60 Å². The topological polar surface area (TPSA) is 67.6 Å². The third-order valence-electron chi connectivity index (χ3n) is 4.73. The summed E-state index contributed by atoms with van der Waals surface area (Å²) in [6.45, 7) is 8.07. The predicted molar refractivity (Wildman–Crippen MR) is 88.8 cm³/mol. The normalized spacial score (nSPS) is 30.2. The molecule has 3 N–H and O–H groups in total. The Morgan fingerprint density at radius 3 is 2.64 bits per heavy atom. The van der Waals surface area contributed by atoms with Crippen LogP contribution in [-0.4, -0.2) is 48.3 Å². The molecule has 0 bridgehead atoms. The van der Waals surface area contributed by atoms with E-state index in [9.17, 15) is 4.79 Å². The van der Waals surface area contributed by atoms with Crippen molar-refractivity contribution in [1.29, 1.82) is 0 Å². The van der Waals surface area contributed by atoms with Crippen molar-refractivity contribution in [3.8, 4) is 0 Å². The van der Waals surface area contributed by atoms with Crippen LogP contribution in [0.3, 0.4) is 0 Å². The molecule has 1 heterocycles. The molecular weight excluding hydrogens is 278 g/mol. The van der Waals surface area contributed by atoms with Gasteiger partial charge in [-0.1, -0.05) is 12.8 Å². The maximum absolute atomic E-state index is 12.2. The summed E-state index contributed by atoms with van der Waals surface area (Å²) in [5.74, 6) is 0.589. The molecule has 1 amide bonds. The summed E-state index contributed by atoms with van der Waals surface area (Å²) in [5.41, 5.74) is 5.49. The average Bonchev–Trinajstić information content (AvgIpc) is 2.46. The molecule has 5 heteroatoms. The summed E-state index contributed by atoms with van der Waals surface area (Å²) in [7, 11) is 0. The van der Waals surface area contributed by atoms with Gasteiger partial charge < -0.3 is 20.7 Å². The highest BCUT2D eigenvalue weighted by Crippen LogP contribution is 2.25. The van der Waals surface area contributed by atoms with E-state index in [1.165, 1.54) is 25.7 Å². The van der Waals surface area contributed by atoms with Crippen molar-refractivity contribution in [1.82, 2.24) is 10.2 Å². The minimum atomic E-state index is -0.425. The molecule has 0 aromatic carbocycles. The lowest BCUT2D eigenvalue weighted by molar-refractivity contribution is 0.0177. The minimum absolute atomic E-state index is 0.182. The number of carbonyl (C=O) groups is 1. The van der Waals surface area contributed by atoms with Crippen molar-refractivity contribution in [2.45, 2.75) is 77.0 Å². The molecule has 128 valence electrons. The lowest BCUT2D eigenvalue weighted by atomic mass is 9.84. The number of hydrogen-bond acceptors (Lipinski definition) is 4. The first kappa shape index (κ1) is 17.5. The second-order valence-electron chi connectivity index (χ2n) is 7.82. The Balaban J connectivity index is 1.86. The van der Waals surface area contributed by atoms with Gasteiger partial charge in [0.15, 0.2) is 0 Å². The molecule has 3 atom stereocenters. The van der Waals surface area contributed by atoms with E-state index in [0.717, 1.165) is 32.5 Å². The molecular formula is C17H33N3O2. The summed E-state index contributed by atoms with van der Waals surface area (Å²) >= 11 is 0. The van der Waals surface area contributed by atoms with Gasteiger partial charge in [0.2, 0.25) is 0 Å². The molecule has 1 aliphatic carbocycles. The number of carbonyl (C=O) groups excluding carboxylic acids is 1. The average molecular weight is 311 g/mol. The molecule has 0 radical (unpaired) electrons. The van der Waals surface area contributed by atoms with Gasteiger partial charge in [0.25, 0.3) is 0 Å². The van der Waals surface area contributed by atoms with Crippen molar-refractivity contribution in [3.05, 3.63) is 0 Å². The largest absolute Gasteiger partial charge is 0.444 e. The van der Waals surface area contributed by atoms with Crippen molar-refractivity contribution in [3.63, 3.8) is 0 Å². The van der Waals surface area contributed by atoms with Crippen LogP contribution in [0.5, 0.6) is 0 Å². The minimum Gasteiger partial charge on any atom is -0.444 e. The second-order valence-corrected chi connectivity index (χ2v) is 7.82. The van der Waals surface area contributed by atoms with Crippen LogP contribution in [0.25, 0.3) is 0 Å². The molecule has 0 aromatic rings. The zero-order valence-electron chi connectivity index (χ0n) is 14.4. The van der Waals surface area contributed by atoms with Crippen molar-refractivity contribution < 1.29 is 9.53 Å². The fourth-order valence-corrected chi connectivity index (χ4v) is 3.62. The summed E-state index contributed by atoms with van der Waals surface area (Å²) in [6.07, 6.45) is 7.02. The highest BCUT2D eigenvalue weighted by Gasteiger charge is 2.31. The fourth-order valence-electron chi connectivity index (χ4n) is 3.62. The highest BCUT2D eigenvalue weighted by atomic mass is 16.6. The van der Waals surface area contributed by atoms with E-state index >= 15 is 0 Å². The highest BCUT2D eigenvalue weighted by molar-refractivity contribution is 5.68. The Bertz CT molecular complexity index is 367. The molecule has 0 spiro atoms. The Labute approximate surface area is 134 Å². The molecule has 1 saturated carbocycles. The van der Waals surface area contributed by atoms with E-state index in [4.69, 9.17) is 10.5 Å². The van der Waals surface area contributed by atoms with Crippen LogP contribution in [0.2, 0.25) is 0 Å². The van der Waals surface area contributed by atoms with Gasteiger partial charge in [-0.15, -0.1) is 0 Å². The molecule has 0 aromatic heterocycles. The first-order valence-corrected chi connectivity index (χ1v) is 8.83. The smallest absolute Gasteiger partial charge is 0.410 e. The van der Waals surface area contributed by atoms with Gasteiger partial charge in [-0.25, -0.2) is 4.79 Å². The Morgan fingerprint density at radius 2 is 1.95 bits per heavy atom. The number of nitrogens with two attached hydrogens (primary N) is 1. The van der Waals surface area contributed by atoms with Gasteiger partial charge in [0.05, 0.1) is 0 Å². The zero-order valence-corrected chi connectivity index (χ0v) is 14.4.